The maximum absolute atomic E-state index is 11.6. The molecule has 0 aliphatic carbocycles. The summed E-state index contributed by atoms with van der Waals surface area (Å²) in [6, 6.07) is 4.19. The van der Waals surface area contributed by atoms with Gasteiger partial charge >= 0.3 is 0 Å². The number of amides is 1. The van der Waals surface area contributed by atoms with Crippen LogP contribution in [0, 0.1) is 0 Å². The maximum atomic E-state index is 11.6. The lowest BCUT2D eigenvalue weighted by Gasteiger charge is -2.29. The lowest BCUT2D eigenvalue weighted by Crippen LogP contribution is -2.39. The Balaban J connectivity index is 3.42. The maximum Gasteiger partial charge on any atom is 0.240 e. The van der Waals surface area contributed by atoms with Crippen molar-refractivity contribution in [2.75, 3.05) is 17.2 Å². The van der Waals surface area contributed by atoms with E-state index in [2.05, 4.69) is 0 Å². The average Bonchev–Trinajstić information content (AvgIpc) is 2.24. The van der Waals surface area contributed by atoms with Crippen molar-refractivity contribution in [1.82, 2.24) is 0 Å². The molecule has 0 fully saturated rings. The molecule has 19 heavy (non-hydrogen) atoms. The molecule has 6 N–H and O–H groups in total. The highest BCUT2D eigenvalue weighted by Gasteiger charge is 2.22. The van der Waals surface area contributed by atoms with Gasteiger partial charge in [0.2, 0.25) is 15.9 Å². The van der Waals surface area contributed by atoms with Crippen LogP contribution in [-0.2, 0) is 14.8 Å². The Kier molecular flexibility index (Phi) is 4.38. The van der Waals surface area contributed by atoms with Crippen LogP contribution in [0.25, 0.3) is 0 Å². The van der Waals surface area contributed by atoms with Crippen LogP contribution in [0.2, 0.25) is 0 Å². The summed E-state index contributed by atoms with van der Waals surface area (Å²) in [6.45, 7) is 3.52. The van der Waals surface area contributed by atoms with Crippen molar-refractivity contribution in [3.63, 3.8) is 0 Å². The Morgan fingerprint density at radius 2 is 1.95 bits per heavy atom. The highest BCUT2D eigenvalue weighted by Crippen LogP contribution is 2.27. The molecule has 0 unspecified atom stereocenters. The molecule has 0 saturated carbocycles. The van der Waals surface area contributed by atoms with Gasteiger partial charge in [-0.1, -0.05) is 0 Å². The smallest absolute Gasteiger partial charge is 0.240 e. The molecular formula is C11H18N4O3S. The van der Waals surface area contributed by atoms with Crippen molar-refractivity contribution in [3.8, 4) is 0 Å². The fourth-order valence-electron chi connectivity index (χ4n) is 1.71. The Labute approximate surface area is 112 Å². The van der Waals surface area contributed by atoms with Gasteiger partial charge in [0, 0.05) is 11.7 Å². The molecule has 0 saturated heterocycles. The van der Waals surface area contributed by atoms with Crippen molar-refractivity contribution in [3.05, 3.63) is 18.2 Å². The van der Waals surface area contributed by atoms with Crippen LogP contribution in [0.1, 0.15) is 13.8 Å². The third kappa shape index (κ3) is 3.83. The van der Waals surface area contributed by atoms with E-state index in [1.165, 1.54) is 12.1 Å². The van der Waals surface area contributed by atoms with Gasteiger partial charge in [0.1, 0.15) is 4.90 Å². The minimum Gasteiger partial charge on any atom is -0.399 e. The largest absolute Gasteiger partial charge is 0.399 e. The quantitative estimate of drug-likeness (QED) is 0.634. The molecular weight excluding hydrogens is 268 g/mol. The molecule has 0 aromatic heterocycles. The van der Waals surface area contributed by atoms with Crippen molar-refractivity contribution < 1.29 is 13.2 Å². The molecule has 0 radical (unpaired) electrons. The monoisotopic (exact) mass is 286 g/mol. The second kappa shape index (κ2) is 5.45. The van der Waals surface area contributed by atoms with Crippen LogP contribution in [-0.4, -0.2) is 26.9 Å². The highest BCUT2D eigenvalue weighted by molar-refractivity contribution is 7.89. The zero-order valence-corrected chi connectivity index (χ0v) is 11.6. The SMILES string of the molecule is CC(C)N(CC(N)=O)c1ccc(N)cc1S(N)(=O)=O. The van der Waals surface area contributed by atoms with Crippen molar-refractivity contribution in [2.45, 2.75) is 24.8 Å². The first-order valence-electron chi connectivity index (χ1n) is 5.60. The number of primary sulfonamides is 1. The third-order valence-corrected chi connectivity index (χ3v) is 3.49. The number of rotatable bonds is 5. The summed E-state index contributed by atoms with van der Waals surface area (Å²) in [6.07, 6.45) is 0. The fraction of sp³-hybridized carbons (Fsp3) is 0.364. The first-order valence-corrected chi connectivity index (χ1v) is 7.15. The predicted molar refractivity (Wildman–Crippen MR) is 73.9 cm³/mol. The van der Waals surface area contributed by atoms with Gasteiger partial charge in [0.05, 0.1) is 12.2 Å². The first-order chi connectivity index (χ1) is 8.62. The highest BCUT2D eigenvalue weighted by atomic mass is 32.2. The Morgan fingerprint density at radius 3 is 2.37 bits per heavy atom. The summed E-state index contributed by atoms with van der Waals surface area (Å²) >= 11 is 0. The van der Waals surface area contributed by atoms with E-state index in [-0.39, 0.29) is 23.2 Å². The van der Waals surface area contributed by atoms with E-state index in [1.54, 1.807) is 11.0 Å². The second-order valence-electron chi connectivity index (χ2n) is 4.46. The summed E-state index contributed by atoms with van der Waals surface area (Å²) in [5.74, 6) is -0.564. The van der Waals surface area contributed by atoms with Crippen LogP contribution >= 0.6 is 0 Å². The van der Waals surface area contributed by atoms with Crippen LogP contribution in [0.4, 0.5) is 11.4 Å². The van der Waals surface area contributed by atoms with Gasteiger partial charge in [0.25, 0.3) is 0 Å². The van der Waals surface area contributed by atoms with E-state index in [9.17, 15) is 13.2 Å². The van der Waals surface area contributed by atoms with E-state index in [1.807, 2.05) is 13.8 Å². The van der Waals surface area contributed by atoms with Crippen LogP contribution in [0.3, 0.4) is 0 Å². The molecule has 1 amide bonds. The first kappa shape index (κ1) is 15.3. The van der Waals surface area contributed by atoms with Crippen LogP contribution < -0.4 is 21.5 Å². The molecule has 0 aliphatic heterocycles. The number of nitrogen functional groups attached to an aromatic ring is 1. The van der Waals surface area contributed by atoms with E-state index in [0.717, 1.165) is 0 Å². The van der Waals surface area contributed by atoms with Gasteiger partial charge < -0.3 is 16.4 Å². The molecule has 0 atom stereocenters. The predicted octanol–water partition coefficient (Wildman–Crippen LogP) is -0.384. The number of sulfonamides is 1. The number of anilines is 2. The van der Waals surface area contributed by atoms with Crippen LogP contribution in [0.5, 0.6) is 0 Å². The number of carbonyl (C=O) groups is 1. The van der Waals surface area contributed by atoms with E-state index >= 15 is 0 Å². The topological polar surface area (TPSA) is 133 Å². The summed E-state index contributed by atoms with van der Waals surface area (Å²) in [5.41, 5.74) is 11.3. The van der Waals surface area contributed by atoms with E-state index in [0.29, 0.717) is 5.69 Å². The molecule has 0 bridgehead atoms. The number of nitrogens with two attached hydrogens (primary N) is 3. The van der Waals surface area contributed by atoms with Crippen molar-refractivity contribution >= 4 is 27.3 Å². The Morgan fingerprint density at radius 1 is 1.37 bits per heavy atom. The molecule has 1 rings (SSSR count). The van der Waals surface area contributed by atoms with Gasteiger partial charge in [-0.25, -0.2) is 13.6 Å². The number of hydrogen-bond acceptors (Lipinski definition) is 5. The number of primary amides is 1. The van der Waals surface area contributed by atoms with Crippen molar-refractivity contribution in [2.24, 2.45) is 10.9 Å². The fourth-order valence-corrected chi connectivity index (χ4v) is 2.49. The lowest BCUT2D eigenvalue weighted by atomic mass is 10.2. The van der Waals surface area contributed by atoms with Crippen molar-refractivity contribution in [1.29, 1.82) is 0 Å². The minimum absolute atomic E-state index is 0.107. The number of carbonyl (C=O) groups excluding carboxylic acids is 1. The molecule has 0 heterocycles. The van der Waals surface area contributed by atoms with Crippen LogP contribution in [0.15, 0.2) is 23.1 Å². The molecule has 106 valence electrons. The Bertz CT molecular complexity index is 584. The average molecular weight is 286 g/mol. The number of nitrogens with zero attached hydrogens (tertiary/aromatic N) is 1. The van der Waals surface area contributed by atoms with Gasteiger partial charge in [-0.05, 0) is 32.0 Å². The molecule has 7 nitrogen and oxygen atoms in total. The summed E-state index contributed by atoms with van der Waals surface area (Å²) < 4.78 is 23.2. The normalized spacial score (nSPS) is 11.6. The summed E-state index contributed by atoms with van der Waals surface area (Å²) in [5, 5.41) is 5.17. The molecule has 0 aliphatic rings. The molecule has 8 heteroatoms. The summed E-state index contributed by atoms with van der Waals surface area (Å²) in [4.78, 5) is 12.5. The Hall–Kier alpha value is -1.80. The third-order valence-electron chi connectivity index (χ3n) is 2.55. The number of benzene rings is 1. The number of hydrogen-bond donors (Lipinski definition) is 3. The van der Waals surface area contributed by atoms with E-state index in [4.69, 9.17) is 16.6 Å². The van der Waals surface area contributed by atoms with Gasteiger partial charge in [-0.15, -0.1) is 0 Å². The standard InChI is InChI=1S/C11H18N4O3S/c1-7(2)15(6-11(13)16)9-4-3-8(12)5-10(9)19(14,17)18/h3-5,7H,6,12H2,1-2H3,(H2,13,16)(H2,14,17,18). The molecule has 1 aromatic carbocycles. The molecule has 1 aromatic rings. The van der Waals surface area contributed by atoms with Gasteiger partial charge in [-0.2, -0.15) is 0 Å². The summed E-state index contributed by atoms with van der Waals surface area (Å²) in [7, 11) is -3.94. The van der Waals surface area contributed by atoms with E-state index < -0.39 is 15.9 Å². The zero-order chi connectivity index (χ0) is 14.8. The lowest BCUT2D eigenvalue weighted by molar-refractivity contribution is -0.116. The molecule has 0 spiro atoms. The van der Waals surface area contributed by atoms with Gasteiger partial charge in [-0.3, -0.25) is 4.79 Å². The zero-order valence-electron chi connectivity index (χ0n) is 10.8. The van der Waals surface area contributed by atoms with Gasteiger partial charge in [0.15, 0.2) is 0 Å². The minimum atomic E-state index is -3.94. The second-order valence-corrected chi connectivity index (χ2v) is 5.99.